The van der Waals surface area contributed by atoms with Gasteiger partial charge in [-0.25, -0.2) is 22.0 Å². The molecule has 1 aromatic carbocycles. The molecule has 140 valence electrons. The van der Waals surface area contributed by atoms with Crippen LogP contribution in [0.1, 0.15) is 29.8 Å². The van der Waals surface area contributed by atoms with E-state index in [1.54, 1.807) is 13.8 Å². The second-order valence-corrected chi connectivity index (χ2v) is 6.53. The molecule has 1 fully saturated rings. The average molecular weight is 390 g/mol. The lowest BCUT2D eigenvalue weighted by molar-refractivity contribution is 0.366. The number of halogens is 5. The first-order valence-electron chi connectivity index (χ1n) is 7.82. The van der Waals surface area contributed by atoms with Crippen molar-refractivity contribution in [1.29, 1.82) is 0 Å². The molecule has 2 aromatic rings. The van der Waals surface area contributed by atoms with Gasteiger partial charge in [0.2, 0.25) is 5.82 Å². The number of thiocarbonyl (C=S) groups is 1. The van der Waals surface area contributed by atoms with E-state index in [-0.39, 0.29) is 0 Å². The Bertz CT molecular complexity index is 862. The summed E-state index contributed by atoms with van der Waals surface area (Å²) < 4.78 is 68.8. The van der Waals surface area contributed by atoms with Crippen molar-refractivity contribution in [2.45, 2.75) is 39.3 Å². The Labute approximate surface area is 151 Å². The molecule has 0 saturated heterocycles. The Morgan fingerprint density at radius 1 is 1.04 bits per heavy atom. The van der Waals surface area contributed by atoms with Gasteiger partial charge in [0.15, 0.2) is 28.4 Å². The van der Waals surface area contributed by atoms with E-state index in [4.69, 9.17) is 12.2 Å². The van der Waals surface area contributed by atoms with E-state index < -0.39 is 41.2 Å². The van der Waals surface area contributed by atoms with Crippen molar-refractivity contribution in [2.24, 2.45) is 0 Å². The zero-order valence-electron chi connectivity index (χ0n) is 13.9. The molecule has 0 radical (unpaired) electrons. The minimum absolute atomic E-state index is 0.332. The fourth-order valence-electron chi connectivity index (χ4n) is 2.53. The number of benzene rings is 1. The number of nitrogens with one attached hydrogen (secondary N) is 2. The molecule has 0 atom stereocenters. The van der Waals surface area contributed by atoms with Crippen molar-refractivity contribution in [3.63, 3.8) is 0 Å². The van der Waals surface area contributed by atoms with E-state index in [9.17, 15) is 22.0 Å². The van der Waals surface area contributed by atoms with E-state index in [0.717, 1.165) is 17.5 Å². The summed E-state index contributed by atoms with van der Waals surface area (Å²) in [6.07, 6.45) is 2.05. The van der Waals surface area contributed by atoms with Crippen molar-refractivity contribution < 1.29 is 22.0 Å². The monoisotopic (exact) mass is 390 g/mol. The number of aromatic nitrogens is 2. The fraction of sp³-hybridized carbons (Fsp3) is 0.375. The second kappa shape index (κ2) is 6.82. The molecule has 4 nitrogen and oxygen atoms in total. The zero-order valence-corrected chi connectivity index (χ0v) is 14.7. The molecule has 1 aliphatic carbocycles. The van der Waals surface area contributed by atoms with Crippen LogP contribution in [0.25, 0.3) is 0 Å². The van der Waals surface area contributed by atoms with Crippen LogP contribution < -0.4 is 10.6 Å². The molecular weight excluding hydrogens is 375 g/mol. The summed E-state index contributed by atoms with van der Waals surface area (Å²) in [4.78, 5) is 0. The van der Waals surface area contributed by atoms with Crippen LogP contribution in [0.3, 0.4) is 0 Å². The smallest absolute Gasteiger partial charge is 0.200 e. The number of rotatable bonds is 4. The largest absolute Gasteiger partial charge is 0.360 e. The quantitative estimate of drug-likeness (QED) is 0.362. The number of anilines is 1. The van der Waals surface area contributed by atoms with Crippen molar-refractivity contribution in [3.8, 4) is 0 Å². The molecule has 0 spiro atoms. The van der Waals surface area contributed by atoms with Gasteiger partial charge >= 0.3 is 0 Å². The summed E-state index contributed by atoms with van der Waals surface area (Å²) in [7, 11) is 0. The predicted molar refractivity (Wildman–Crippen MR) is 89.4 cm³/mol. The lowest BCUT2D eigenvalue weighted by Crippen LogP contribution is -2.30. The number of hydrogen-bond acceptors (Lipinski definition) is 2. The van der Waals surface area contributed by atoms with Gasteiger partial charge in [0.1, 0.15) is 0 Å². The maximum Gasteiger partial charge on any atom is 0.200 e. The van der Waals surface area contributed by atoms with Crippen LogP contribution in [0.5, 0.6) is 0 Å². The summed E-state index contributed by atoms with van der Waals surface area (Å²) in [5.41, 5.74) is 0.502. The maximum absolute atomic E-state index is 13.9. The van der Waals surface area contributed by atoms with Gasteiger partial charge < -0.3 is 10.6 Å². The molecule has 1 heterocycles. The third kappa shape index (κ3) is 3.37. The van der Waals surface area contributed by atoms with Gasteiger partial charge in [-0.1, -0.05) is 0 Å². The molecule has 1 aromatic heterocycles. The first kappa shape index (κ1) is 18.6. The molecule has 1 saturated carbocycles. The Kier molecular flexibility index (Phi) is 4.87. The molecule has 0 amide bonds. The highest BCUT2D eigenvalue weighted by atomic mass is 32.1. The normalized spacial score (nSPS) is 13.8. The lowest BCUT2D eigenvalue weighted by Gasteiger charge is -2.11. The van der Waals surface area contributed by atoms with E-state index in [0.29, 0.717) is 28.2 Å². The van der Waals surface area contributed by atoms with Crippen LogP contribution in [-0.4, -0.2) is 20.9 Å². The Balaban J connectivity index is 1.89. The van der Waals surface area contributed by atoms with Crippen LogP contribution in [0, 0.1) is 42.9 Å². The third-order valence-electron chi connectivity index (χ3n) is 4.14. The predicted octanol–water partition coefficient (Wildman–Crippen LogP) is 3.69. The summed E-state index contributed by atoms with van der Waals surface area (Å²) in [5, 5.41) is 10.5. The first-order chi connectivity index (χ1) is 12.2. The Morgan fingerprint density at radius 2 is 1.58 bits per heavy atom. The van der Waals surface area contributed by atoms with Crippen molar-refractivity contribution in [2.75, 3.05) is 5.32 Å². The van der Waals surface area contributed by atoms with Gasteiger partial charge in [-0.3, -0.25) is 4.68 Å². The first-order valence-corrected chi connectivity index (χ1v) is 8.23. The van der Waals surface area contributed by atoms with Crippen LogP contribution in [0.15, 0.2) is 0 Å². The highest BCUT2D eigenvalue weighted by Crippen LogP contribution is 2.26. The zero-order chi connectivity index (χ0) is 19.2. The highest BCUT2D eigenvalue weighted by Gasteiger charge is 2.27. The molecule has 2 N–H and O–H groups in total. The SMILES string of the molecule is Cc1nn(Cc2c(F)c(F)c(F)c(F)c2F)c(C)c1NC(=S)NC1CC1. The van der Waals surface area contributed by atoms with Gasteiger partial charge in [0.05, 0.1) is 29.2 Å². The van der Waals surface area contributed by atoms with Gasteiger partial charge in [0.25, 0.3) is 0 Å². The van der Waals surface area contributed by atoms with Crippen LogP contribution in [0.4, 0.5) is 27.6 Å². The van der Waals surface area contributed by atoms with E-state index in [1.165, 1.54) is 0 Å². The standard InChI is InChI=1S/C16H15F5N4S/c1-6-15(23-16(26)22-8-3-4-8)7(2)25(24-6)5-9-10(17)12(19)14(21)13(20)11(9)18/h8H,3-5H2,1-2H3,(H2,22,23,26). The fourth-order valence-corrected chi connectivity index (χ4v) is 2.80. The van der Waals surface area contributed by atoms with Crippen LogP contribution in [0.2, 0.25) is 0 Å². The second-order valence-electron chi connectivity index (χ2n) is 6.12. The van der Waals surface area contributed by atoms with Crippen molar-refractivity contribution >= 4 is 23.0 Å². The summed E-state index contributed by atoms with van der Waals surface area (Å²) in [6.45, 7) is 2.64. The van der Waals surface area contributed by atoms with Crippen molar-refractivity contribution in [3.05, 3.63) is 46.0 Å². The van der Waals surface area contributed by atoms with Crippen LogP contribution in [-0.2, 0) is 6.54 Å². The third-order valence-corrected chi connectivity index (χ3v) is 4.36. The van der Waals surface area contributed by atoms with E-state index >= 15 is 0 Å². The van der Waals surface area contributed by atoms with E-state index in [1.807, 2.05) is 0 Å². The van der Waals surface area contributed by atoms with Gasteiger partial charge in [-0.05, 0) is 38.9 Å². The summed E-state index contributed by atoms with van der Waals surface area (Å²) in [6, 6.07) is 0.332. The van der Waals surface area contributed by atoms with Gasteiger partial charge in [0, 0.05) is 6.04 Å². The Hall–Kier alpha value is -2.23. The number of nitrogens with zero attached hydrogens (tertiary/aromatic N) is 2. The van der Waals surface area contributed by atoms with E-state index in [2.05, 4.69) is 15.7 Å². The minimum Gasteiger partial charge on any atom is -0.360 e. The molecule has 0 unspecified atom stereocenters. The number of hydrogen-bond donors (Lipinski definition) is 2. The highest BCUT2D eigenvalue weighted by molar-refractivity contribution is 7.80. The maximum atomic E-state index is 13.9. The van der Waals surface area contributed by atoms with Gasteiger partial charge in [-0.15, -0.1) is 0 Å². The topological polar surface area (TPSA) is 41.9 Å². The molecule has 26 heavy (non-hydrogen) atoms. The number of aryl methyl sites for hydroxylation is 1. The lowest BCUT2D eigenvalue weighted by atomic mass is 10.1. The Morgan fingerprint density at radius 3 is 2.12 bits per heavy atom. The summed E-state index contributed by atoms with van der Waals surface area (Å²) in [5.74, 6) is -9.87. The average Bonchev–Trinajstić information content (AvgIpc) is 3.37. The van der Waals surface area contributed by atoms with Crippen LogP contribution >= 0.6 is 12.2 Å². The molecule has 0 aliphatic heterocycles. The summed E-state index contributed by atoms with van der Waals surface area (Å²) >= 11 is 5.18. The molecule has 10 heteroatoms. The van der Waals surface area contributed by atoms with Gasteiger partial charge in [-0.2, -0.15) is 5.10 Å². The minimum atomic E-state index is -2.18. The molecule has 1 aliphatic rings. The molecule has 3 rings (SSSR count). The molecule has 0 bridgehead atoms. The van der Waals surface area contributed by atoms with Crippen molar-refractivity contribution in [1.82, 2.24) is 15.1 Å². The molecular formula is C16H15F5N4S.